The van der Waals surface area contributed by atoms with Crippen LogP contribution in [0.3, 0.4) is 0 Å². The Kier molecular flexibility index (Phi) is 3.82. The third kappa shape index (κ3) is 3.17. The van der Waals surface area contributed by atoms with Crippen molar-refractivity contribution in [1.82, 2.24) is 5.32 Å². The number of hydrogen-bond donors (Lipinski definition) is 2. The van der Waals surface area contributed by atoms with Gasteiger partial charge in [-0.2, -0.15) is 0 Å². The van der Waals surface area contributed by atoms with E-state index in [0.29, 0.717) is 19.0 Å². The predicted molar refractivity (Wildman–Crippen MR) is 64.8 cm³/mol. The third-order valence-corrected chi connectivity index (χ3v) is 4.61. The Labute approximate surface area is 104 Å². The molecule has 2 N–H and O–H groups in total. The SMILES string of the molecule is O=S(=O)(Nc1cc(F)cc(F)c1)C1CCCNC1. The van der Waals surface area contributed by atoms with Crippen molar-refractivity contribution in [2.75, 3.05) is 17.8 Å². The lowest BCUT2D eigenvalue weighted by atomic mass is 10.2. The van der Waals surface area contributed by atoms with Crippen molar-refractivity contribution in [2.45, 2.75) is 18.1 Å². The van der Waals surface area contributed by atoms with E-state index < -0.39 is 26.9 Å². The Morgan fingerprint density at radius 1 is 1.22 bits per heavy atom. The van der Waals surface area contributed by atoms with Crippen LogP contribution in [0.15, 0.2) is 18.2 Å². The van der Waals surface area contributed by atoms with Crippen LogP contribution in [-0.2, 0) is 10.0 Å². The molecule has 0 spiro atoms. The second-order valence-electron chi connectivity index (χ2n) is 4.27. The smallest absolute Gasteiger partial charge is 0.236 e. The van der Waals surface area contributed by atoms with Gasteiger partial charge in [0.25, 0.3) is 0 Å². The molecule has 4 nitrogen and oxygen atoms in total. The van der Waals surface area contributed by atoms with Crippen LogP contribution >= 0.6 is 0 Å². The average molecular weight is 276 g/mol. The van der Waals surface area contributed by atoms with Crippen molar-refractivity contribution in [3.05, 3.63) is 29.8 Å². The monoisotopic (exact) mass is 276 g/mol. The molecule has 7 heteroatoms. The Balaban J connectivity index is 2.16. The van der Waals surface area contributed by atoms with E-state index >= 15 is 0 Å². The van der Waals surface area contributed by atoms with E-state index in [1.54, 1.807) is 0 Å². The summed E-state index contributed by atoms with van der Waals surface area (Å²) in [5.74, 6) is -1.62. The average Bonchev–Trinajstić information content (AvgIpc) is 2.28. The van der Waals surface area contributed by atoms with E-state index in [1.165, 1.54) is 0 Å². The molecule has 18 heavy (non-hydrogen) atoms. The van der Waals surface area contributed by atoms with Crippen LogP contribution in [-0.4, -0.2) is 26.8 Å². The number of anilines is 1. The van der Waals surface area contributed by atoms with E-state index in [4.69, 9.17) is 0 Å². The minimum absolute atomic E-state index is 0.0851. The molecule has 0 radical (unpaired) electrons. The van der Waals surface area contributed by atoms with Crippen molar-refractivity contribution in [2.24, 2.45) is 0 Å². The van der Waals surface area contributed by atoms with Gasteiger partial charge in [-0.25, -0.2) is 17.2 Å². The van der Waals surface area contributed by atoms with Gasteiger partial charge in [-0.1, -0.05) is 0 Å². The van der Waals surface area contributed by atoms with Crippen LogP contribution in [0, 0.1) is 11.6 Å². The zero-order chi connectivity index (χ0) is 13.2. The van der Waals surface area contributed by atoms with Crippen molar-refractivity contribution < 1.29 is 17.2 Å². The molecule has 0 aliphatic carbocycles. The maximum Gasteiger partial charge on any atom is 0.236 e. The van der Waals surface area contributed by atoms with E-state index in [-0.39, 0.29) is 5.69 Å². The summed E-state index contributed by atoms with van der Waals surface area (Å²) in [6, 6.07) is 2.60. The first kappa shape index (κ1) is 13.2. The quantitative estimate of drug-likeness (QED) is 0.878. The molecule has 1 fully saturated rings. The summed E-state index contributed by atoms with van der Waals surface area (Å²) in [7, 11) is -3.62. The summed E-state index contributed by atoms with van der Waals surface area (Å²) in [4.78, 5) is 0. The molecule has 1 unspecified atom stereocenters. The van der Waals surface area contributed by atoms with Gasteiger partial charge in [-0.3, -0.25) is 4.72 Å². The zero-order valence-electron chi connectivity index (χ0n) is 9.62. The maximum absolute atomic E-state index is 13.0. The molecular formula is C11H14F2N2O2S. The largest absolute Gasteiger partial charge is 0.315 e. The molecule has 1 aliphatic heterocycles. The predicted octanol–water partition coefficient (Wildman–Crippen LogP) is 1.46. The van der Waals surface area contributed by atoms with Crippen molar-refractivity contribution in [3.63, 3.8) is 0 Å². The highest BCUT2D eigenvalue weighted by atomic mass is 32.2. The lowest BCUT2D eigenvalue weighted by molar-refractivity contribution is 0.499. The molecule has 2 rings (SSSR count). The van der Waals surface area contributed by atoms with Gasteiger partial charge in [0.1, 0.15) is 11.6 Å². The third-order valence-electron chi connectivity index (χ3n) is 2.81. The highest BCUT2D eigenvalue weighted by Gasteiger charge is 2.27. The number of rotatable bonds is 3. The minimum Gasteiger partial charge on any atom is -0.315 e. The van der Waals surface area contributed by atoms with Gasteiger partial charge in [0.05, 0.1) is 10.9 Å². The van der Waals surface area contributed by atoms with Gasteiger partial charge in [0.15, 0.2) is 0 Å². The fourth-order valence-electron chi connectivity index (χ4n) is 1.95. The Hall–Kier alpha value is -1.21. The van der Waals surface area contributed by atoms with Crippen LogP contribution in [0.4, 0.5) is 14.5 Å². The highest BCUT2D eigenvalue weighted by Crippen LogP contribution is 2.18. The topological polar surface area (TPSA) is 58.2 Å². The normalized spacial score (nSPS) is 20.7. The molecule has 1 aromatic carbocycles. The second kappa shape index (κ2) is 5.19. The molecule has 100 valence electrons. The van der Waals surface area contributed by atoms with Gasteiger partial charge >= 0.3 is 0 Å². The first-order chi connectivity index (χ1) is 8.47. The summed E-state index contributed by atoms with van der Waals surface area (Å²) < 4.78 is 52.1. The fraction of sp³-hybridized carbons (Fsp3) is 0.455. The van der Waals surface area contributed by atoms with Crippen LogP contribution in [0.25, 0.3) is 0 Å². The maximum atomic E-state index is 13.0. The first-order valence-corrected chi connectivity index (χ1v) is 7.20. The van der Waals surface area contributed by atoms with Gasteiger partial charge in [-0.05, 0) is 31.5 Å². The summed E-state index contributed by atoms with van der Waals surface area (Å²) in [5.41, 5.74) is -0.0851. The van der Waals surface area contributed by atoms with Gasteiger partial charge in [0.2, 0.25) is 10.0 Å². The molecule has 0 aromatic heterocycles. The molecular weight excluding hydrogens is 262 g/mol. The summed E-state index contributed by atoms with van der Waals surface area (Å²) >= 11 is 0. The molecule has 1 atom stereocenters. The summed E-state index contributed by atoms with van der Waals surface area (Å²) in [6.45, 7) is 1.15. The van der Waals surface area contributed by atoms with Crippen LogP contribution in [0.2, 0.25) is 0 Å². The lowest BCUT2D eigenvalue weighted by Gasteiger charge is -2.23. The van der Waals surface area contributed by atoms with Gasteiger partial charge in [-0.15, -0.1) is 0 Å². The van der Waals surface area contributed by atoms with Gasteiger partial charge < -0.3 is 5.32 Å². The minimum atomic E-state index is -3.62. The number of sulfonamides is 1. The zero-order valence-corrected chi connectivity index (χ0v) is 10.4. The van der Waals surface area contributed by atoms with E-state index in [2.05, 4.69) is 10.0 Å². The Morgan fingerprint density at radius 2 is 1.89 bits per heavy atom. The number of hydrogen-bond acceptors (Lipinski definition) is 3. The molecule has 1 saturated heterocycles. The van der Waals surface area contributed by atoms with Crippen LogP contribution in [0.1, 0.15) is 12.8 Å². The number of piperidine rings is 1. The van der Waals surface area contributed by atoms with Gasteiger partial charge in [0, 0.05) is 12.6 Å². The van der Waals surface area contributed by atoms with E-state index in [9.17, 15) is 17.2 Å². The van der Waals surface area contributed by atoms with Crippen molar-refractivity contribution in [1.29, 1.82) is 0 Å². The van der Waals surface area contributed by atoms with Crippen molar-refractivity contribution >= 4 is 15.7 Å². The number of benzene rings is 1. The number of nitrogens with one attached hydrogen (secondary N) is 2. The molecule has 0 amide bonds. The molecule has 1 aromatic rings. The fourth-order valence-corrected chi connectivity index (χ4v) is 3.37. The number of halogens is 2. The summed E-state index contributed by atoms with van der Waals surface area (Å²) in [6.07, 6.45) is 1.31. The van der Waals surface area contributed by atoms with E-state index in [1.807, 2.05) is 0 Å². The molecule has 1 heterocycles. The lowest BCUT2D eigenvalue weighted by Crippen LogP contribution is -2.41. The highest BCUT2D eigenvalue weighted by molar-refractivity contribution is 7.93. The first-order valence-electron chi connectivity index (χ1n) is 5.66. The van der Waals surface area contributed by atoms with Crippen LogP contribution < -0.4 is 10.0 Å². The Morgan fingerprint density at radius 3 is 2.44 bits per heavy atom. The second-order valence-corrected chi connectivity index (χ2v) is 6.23. The van der Waals surface area contributed by atoms with E-state index in [0.717, 1.165) is 25.1 Å². The standard InChI is InChI=1S/C11H14F2N2O2S/c12-8-4-9(13)6-10(5-8)15-18(16,17)11-2-1-3-14-7-11/h4-6,11,14-15H,1-3,7H2. The van der Waals surface area contributed by atoms with Crippen molar-refractivity contribution in [3.8, 4) is 0 Å². The summed E-state index contributed by atoms with van der Waals surface area (Å²) in [5, 5.41) is 2.41. The van der Waals surface area contributed by atoms with Crippen LogP contribution in [0.5, 0.6) is 0 Å². The molecule has 0 saturated carbocycles. The molecule has 1 aliphatic rings. The Bertz CT molecular complexity index is 508. The molecule has 0 bridgehead atoms.